The van der Waals surface area contributed by atoms with E-state index in [1.165, 1.54) is 5.56 Å². The van der Waals surface area contributed by atoms with Crippen LogP contribution in [0.3, 0.4) is 0 Å². The second-order valence-electron chi connectivity index (χ2n) is 6.85. The molecule has 0 radical (unpaired) electrons. The summed E-state index contributed by atoms with van der Waals surface area (Å²) in [5.41, 5.74) is 7.35. The lowest BCUT2D eigenvalue weighted by Gasteiger charge is -2.33. The SMILES string of the molecule is NC(=O)c1ccccc1NC(=O)CN1CCN(C/C=C/c2ccccc2)CC1. The summed E-state index contributed by atoms with van der Waals surface area (Å²) >= 11 is 0. The van der Waals surface area contributed by atoms with Crippen LogP contribution in [0.25, 0.3) is 6.08 Å². The first-order chi connectivity index (χ1) is 13.6. The molecular formula is C22H26N4O2. The van der Waals surface area contributed by atoms with Crippen molar-refractivity contribution in [2.75, 3.05) is 44.6 Å². The van der Waals surface area contributed by atoms with Gasteiger partial charge in [-0.05, 0) is 17.7 Å². The second kappa shape index (κ2) is 9.82. The summed E-state index contributed by atoms with van der Waals surface area (Å²) in [6.45, 7) is 4.73. The van der Waals surface area contributed by atoms with Crippen LogP contribution in [0.4, 0.5) is 5.69 Å². The first kappa shape index (κ1) is 19.8. The normalized spacial score (nSPS) is 15.6. The van der Waals surface area contributed by atoms with Crippen molar-refractivity contribution < 1.29 is 9.59 Å². The van der Waals surface area contributed by atoms with E-state index in [0.717, 1.165) is 32.7 Å². The summed E-state index contributed by atoms with van der Waals surface area (Å²) in [6.07, 6.45) is 4.31. The third-order valence-electron chi connectivity index (χ3n) is 4.77. The highest BCUT2D eigenvalue weighted by molar-refractivity contribution is 6.03. The molecule has 2 aromatic rings. The van der Waals surface area contributed by atoms with Crippen LogP contribution in [0.2, 0.25) is 0 Å². The van der Waals surface area contributed by atoms with Crippen LogP contribution in [-0.4, -0.2) is 60.9 Å². The predicted octanol–water partition coefficient (Wildman–Crippen LogP) is 2.05. The number of piperazine rings is 1. The van der Waals surface area contributed by atoms with Crippen molar-refractivity contribution in [1.82, 2.24) is 9.80 Å². The van der Waals surface area contributed by atoms with E-state index in [1.807, 2.05) is 18.2 Å². The molecule has 1 fully saturated rings. The van der Waals surface area contributed by atoms with Crippen molar-refractivity contribution in [1.29, 1.82) is 0 Å². The maximum absolute atomic E-state index is 12.3. The number of anilines is 1. The van der Waals surface area contributed by atoms with E-state index in [9.17, 15) is 9.59 Å². The molecule has 1 aliphatic heterocycles. The molecule has 6 nitrogen and oxygen atoms in total. The molecule has 0 bridgehead atoms. The number of hydrogen-bond acceptors (Lipinski definition) is 4. The number of nitrogens with one attached hydrogen (secondary N) is 1. The number of para-hydroxylation sites is 1. The van der Waals surface area contributed by atoms with Gasteiger partial charge in [0.05, 0.1) is 17.8 Å². The average Bonchev–Trinajstić information content (AvgIpc) is 2.70. The fourth-order valence-electron chi connectivity index (χ4n) is 3.23. The molecule has 0 saturated carbocycles. The van der Waals surface area contributed by atoms with Gasteiger partial charge < -0.3 is 11.1 Å². The van der Waals surface area contributed by atoms with E-state index in [4.69, 9.17) is 5.73 Å². The van der Waals surface area contributed by atoms with Crippen molar-refractivity contribution in [3.63, 3.8) is 0 Å². The Bertz CT molecular complexity index is 827. The molecule has 3 N–H and O–H groups in total. The summed E-state index contributed by atoms with van der Waals surface area (Å²) in [6, 6.07) is 17.0. The molecule has 1 saturated heterocycles. The number of carbonyl (C=O) groups is 2. The van der Waals surface area contributed by atoms with E-state index in [-0.39, 0.29) is 5.91 Å². The Balaban J connectivity index is 1.42. The van der Waals surface area contributed by atoms with Gasteiger partial charge in [-0.15, -0.1) is 0 Å². The van der Waals surface area contributed by atoms with Gasteiger partial charge in [0.2, 0.25) is 5.91 Å². The summed E-state index contributed by atoms with van der Waals surface area (Å²) in [7, 11) is 0. The molecule has 0 spiro atoms. The Morgan fingerprint density at radius 3 is 2.29 bits per heavy atom. The van der Waals surface area contributed by atoms with Gasteiger partial charge >= 0.3 is 0 Å². The number of hydrogen-bond donors (Lipinski definition) is 2. The topological polar surface area (TPSA) is 78.7 Å². The minimum Gasteiger partial charge on any atom is -0.366 e. The number of amides is 2. The van der Waals surface area contributed by atoms with Crippen molar-refractivity contribution in [2.45, 2.75) is 0 Å². The molecule has 0 aliphatic carbocycles. The minimum absolute atomic E-state index is 0.133. The van der Waals surface area contributed by atoms with Gasteiger partial charge in [0.1, 0.15) is 0 Å². The Morgan fingerprint density at radius 1 is 0.929 bits per heavy atom. The van der Waals surface area contributed by atoms with E-state index < -0.39 is 5.91 Å². The maximum Gasteiger partial charge on any atom is 0.250 e. The first-order valence-electron chi connectivity index (χ1n) is 9.47. The van der Waals surface area contributed by atoms with E-state index in [0.29, 0.717) is 17.8 Å². The maximum atomic E-state index is 12.3. The number of nitrogens with zero attached hydrogens (tertiary/aromatic N) is 2. The van der Waals surface area contributed by atoms with Crippen molar-refractivity contribution in [3.8, 4) is 0 Å². The van der Waals surface area contributed by atoms with Crippen LogP contribution >= 0.6 is 0 Å². The van der Waals surface area contributed by atoms with Gasteiger partial charge in [-0.2, -0.15) is 0 Å². The molecule has 2 amide bonds. The Morgan fingerprint density at radius 2 is 1.57 bits per heavy atom. The second-order valence-corrected chi connectivity index (χ2v) is 6.85. The quantitative estimate of drug-likeness (QED) is 0.773. The highest BCUT2D eigenvalue weighted by Gasteiger charge is 2.19. The van der Waals surface area contributed by atoms with Gasteiger partial charge in [-0.1, -0.05) is 54.6 Å². The number of carbonyl (C=O) groups excluding carboxylic acids is 2. The lowest BCUT2D eigenvalue weighted by Crippen LogP contribution is -2.48. The zero-order valence-corrected chi connectivity index (χ0v) is 15.9. The number of benzene rings is 2. The lowest BCUT2D eigenvalue weighted by molar-refractivity contribution is -0.117. The number of rotatable bonds is 7. The molecule has 0 atom stereocenters. The first-order valence-corrected chi connectivity index (χ1v) is 9.47. The molecule has 1 aliphatic rings. The van der Waals surface area contributed by atoms with Gasteiger partial charge in [0, 0.05) is 32.7 Å². The highest BCUT2D eigenvalue weighted by Crippen LogP contribution is 2.14. The van der Waals surface area contributed by atoms with Gasteiger partial charge in [0.25, 0.3) is 5.91 Å². The predicted molar refractivity (Wildman–Crippen MR) is 112 cm³/mol. The van der Waals surface area contributed by atoms with E-state index in [1.54, 1.807) is 24.3 Å². The summed E-state index contributed by atoms with van der Waals surface area (Å²) in [4.78, 5) is 28.3. The Labute approximate surface area is 165 Å². The minimum atomic E-state index is -0.548. The third-order valence-corrected chi connectivity index (χ3v) is 4.77. The number of primary amides is 1. The monoisotopic (exact) mass is 378 g/mol. The van der Waals surface area contributed by atoms with Gasteiger partial charge in [-0.25, -0.2) is 0 Å². The third kappa shape index (κ3) is 5.77. The van der Waals surface area contributed by atoms with Crippen LogP contribution in [0.15, 0.2) is 60.7 Å². The molecule has 1 heterocycles. The fourth-order valence-corrected chi connectivity index (χ4v) is 3.23. The van der Waals surface area contributed by atoms with Gasteiger partial charge in [0.15, 0.2) is 0 Å². The van der Waals surface area contributed by atoms with Crippen LogP contribution in [0, 0.1) is 0 Å². The summed E-state index contributed by atoms with van der Waals surface area (Å²) < 4.78 is 0. The van der Waals surface area contributed by atoms with Crippen LogP contribution in [0.1, 0.15) is 15.9 Å². The largest absolute Gasteiger partial charge is 0.366 e. The molecule has 0 unspecified atom stereocenters. The zero-order chi connectivity index (χ0) is 19.8. The molecule has 6 heteroatoms. The van der Waals surface area contributed by atoms with Crippen molar-refractivity contribution in [3.05, 3.63) is 71.8 Å². The molecule has 2 aromatic carbocycles. The molecule has 28 heavy (non-hydrogen) atoms. The number of nitrogens with two attached hydrogens (primary N) is 1. The summed E-state index contributed by atoms with van der Waals surface area (Å²) in [5.74, 6) is -0.681. The van der Waals surface area contributed by atoms with E-state index >= 15 is 0 Å². The van der Waals surface area contributed by atoms with Crippen LogP contribution in [0.5, 0.6) is 0 Å². The Hall–Kier alpha value is -2.96. The standard InChI is InChI=1S/C22H26N4O2/c23-22(28)19-10-4-5-11-20(19)24-21(27)17-26-15-13-25(14-16-26)12-6-9-18-7-2-1-3-8-18/h1-11H,12-17H2,(H2,23,28)(H,24,27)/b9-6+. The van der Waals surface area contributed by atoms with Gasteiger partial charge in [-0.3, -0.25) is 19.4 Å². The van der Waals surface area contributed by atoms with Crippen LogP contribution in [-0.2, 0) is 4.79 Å². The summed E-state index contributed by atoms with van der Waals surface area (Å²) in [5, 5.41) is 2.80. The lowest BCUT2D eigenvalue weighted by atomic mass is 10.1. The van der Waals surface area contributed by atoms with Crippen molar-refractivity contribution >= 4 is 23.6 Å². The zero-order valence-electron chi connectivity index (χ0n) is 15.9. The Kier molecular flexibility index (Phi) is 6.94. The molecule has 146 valence electrons. The molecular weight excluding hydrogens is 352 g/mol. The molecule has 3 rings (SSSR count). The average molecular weight is 378 g/mol. The molecule has 0 aromatic heterocycles. The smallest absolute Gasteiger partial charge is 0.250 e. The van der Waals surface area contributed by atoms with Crippen molar-refractivity contribution in [2.24, 2.45) is 5.73 Å². The van der Waals surface area contributed by atoms with E-state index in [2.05, 4.69) is 39.4 Å². The highest BCUT2D eigenvalue weighted by atomic mass is 16.2. The fraction of sp³-hybridized carbons (Fsp3) is 0.273. The van der Waals surface area contributed by atoms with Crippen LogP contribution < -0.4 is 11.1 Å².